The zero-order valence-corrected chi connectivity index (χ0v) is 10.9. The van der Waals surface area contributed by atoms with E-state index in [0.29, 0.717) is 17.7 Å². The van der Waals surface area contributed by atoms with Crippen LogP contribution in [0.4, 0.5) is 5.69 Å². The van der Waals surface area contributed by atoms with Crippen LogP contribution in [0.3, 0.4) is 0 Å². The third-order valence-corrected chi connectivity index (χ3v) is 3.64. The smallest absolute Gasteiger partial charge is 0.269 e. The minimum absolute atomic E-state index is 0.0337. The SMILES string of the molecule is O=C([O-])[C@@H]1Cc2[nH]cnc2[C@H](c2cccc([N+](=O)[O-])c2)[NH2+]1. The van der Waals surface area contributed by atoms with Crippen molar-refractivity contribution in [1.82, 2.24) is 9.97 Å². The lowest BCUT2D eigenvalue weighted by atomic mass is 9.94. The summed E-state index contributed by atoms with van der Waals surface area (Å²) in [6.45, 7) is 0. The number of carboxylic acids is 1. The molecule has 1 aliphatic rings. The van der Waals surface area contributed by atoms with E-state index in [4.69, 9.17) is 0 Å². The standard InChI is InChI=1S/C13H12N4O4/c18-13(19)10-5-9-12(15-6-14-9)11(16-10)7-2-1-3-8(4-7)17(20)21/h1-4,6,10-11,16H,5H2,(H,14,15)(H,18,19)/t10-,11-/m0/s1. The molecule has 8 heteroatoms. The van der Waals surface area contributed by atoms with Crippen LogP contribution in [0.1, 0.15) is 23.0 Å². The van der Waals surface area contributed by atoms with Crippen molar-refractivity contribution in [1.29, 1.82) is 0 Å². The number of imidazole rings is 1. The number of H-pyrrole nitrogens is 1. The molecule has 0 unspecified atom stereocenters. The number of fused-ring (bicyclic) bond motifs is 1. The Labute approximate surface area is 119 Å². The Morgan fingerprint density at radius 3 is 3.00 bits per heavy atom. The molecule has 21 heavy (non-hydrogen) atoms. The van der Waals surface area contributed by atoms with Gasteiger partial charge in [0.2, 0.25) is 0 Å². The third kappa shape index (κ3) is 2.36. The van der Waals surface area contributed by atoms with Gasteiger partial charge >= 0.3 is 0 Å². The maximum Gasteiger partial charge on any atom is 0.269 e. The van der Waals surface area contributed by atoms with E-state index in [1.54, 1.807) is 17.4 Å². The van der Waals surface area contributed by atoms with Gasteiger partial charge in [-0.15, -0.1) is 0 Å². The van der Waals surface area contributed by atoms with Gasteiger partial charge in [0.15, 0.2) is 6.04 Å². The molecule has 0 aliphatic carbocycles. The van der Waals surface area contributed by atoms with Crippen LogP contribution in [-0.2, 0) is 11.2 Å². The first-order chi connectivity index (χ1) is 10.1. The molecule has 0 spiro atoms. The van der Waals surface area contributed by atoms with Crippen molar-refractivity contribution in [3.05, 3.63) is 57.7 Å². The third-order valence-electron chi connectivity index (χ3n) is 3.64. The van der Waals surface area contributed by atoms with Crippen molar-refractivity contribution < 1.29 is 20.1 Å². The van der Waals surface area contributed by atoms with Gasteiger partial charge < -0.3 is 20.2 Å². The molecule has 8 nitrogen and oxygen atoms in total. The molecule has 3 rings (SSSR count). The summed E-state index contributed by atoms with van der Waals surface area (Å²) in [7, 11) is 0. The van der Waals surface area contributed by atoms with Gasteiger partial charge in [0, 0.05) is 24.1 Å². The van der Waals surface area contributed by atoms with Crippen LogP contribution in [0, 0.1) is 10.1 Å². The highest BCUT2D eigenvalue weighted by atomic mass is 16.6. The number of aromatic amines is 1. The number of non-ortho nitro benzene ring substituents is 1. The largest absolute Gasteiger partial charge is 0.544 e. The fourth-order valence-corrected chi connectivity index (χ4v) is 2.64. The molecule has 0 fully saturated rings. The van der Waals surface area contributed by atoms with Gasteiger partial charge in [-0.05, 0) is 0 Å². The zero-order valence-electron chi connectivity index (χ0n) is 10.9. The van der Waals surface area contributed by atoms with Gasteiger partial charge in [-0.3, -0.25) is 10.1 Å². The second-order valence-corrected chi connectivity index (χ2v) is 4.92. The molecule has 1 aromatic heterocycles. The van der Waals surface area contributed by atoms with Crippen molar-refractivity contribution in [2.24, 2.45) is 0 Å². The Morgan fingerprint density at radius 2 is 2.29 bits per heavy atom. The van der Waals surface area contributed by atoms with Gasteiger partial charge in [0.25, 0.3) is 5.69 Å². The molecule has 0 bridgehead atoms. The number of nitro benzene ring substituents is 1. The molecule has 1 aromatic carbocycles. The summed E-state index contributed by atoms with van der Waals surface area (Å²) in [6, 6.07) is 5.00. The van der Waals surface area contributed by atoms with Gasteiger partial charge in [0.1, 0.15) is 11.7 Å². The Bertz CT molecular complexity index is 712. The van der Waals surface area contributed by atoms with Crippen LogP contribution in [0.25, 0.3) is 0 Å². The number of aromatic nitrogens is 2. The first kappa shape index (κ1) is 13.3. The number of nitrogens with one attached hydrogen (secondary N) is 1. The summed E-state index contributed by atoms with van der Waals surface area (Å²) in [4.78, 5) is 28.7. The minimum atomic E-state index is -1.16. The topological polar surface area (TPSA) is 129 Å². The van der Waals surface area contributed by atoms with Crippen LogP contribution in [0.15, 0.2) is 30.6 Å². The Kier molecular flexibility index (Phi) is 3.15. The van der Waals surface area contributed by atoms with Crippen LogP contribution < -0.4 is 10.4 Å². The van der Waals surface area contributed by atoms with Gasteiger partial charge in [-0.1, -0.05) is 12.1 Å². The molecule has 108 valence electrons. The fourth-order valence-electron chi connectivity index (χ4n) is 2.64. The van der Waals surface area contributed by atoms with Gasteiger partial charge in [0.05, 0.1) is 22.9 Å². The fraction of sp³-hybridized carbons (Fsp3) is 0.231. The first-order valence-corrected chi connectivity index (χ1v) is 6.38. The highest BCUT2D eigenvalue weighted by Crippen LogP contribution is 2.25. The van der Waals surface area contributed by atoms with E-state index in [1.165, 1.54) is 18.5 Å². The number of benzene rings is 1. The van der Waals surface area contributed by atoms with Crippen molar-refractivity contribution >= 4 is 11.7 Å². The number of quaternary nitrogens is 1. The van der Waals surface area contributed by atoms with Crippen molar-refractivity contribution in [3.8, 4) is 0 Å². The lowest BCUT2D eigenvalue weighted by Crippen LogP contribution is -2.95. The molecule has 2 heterocycles. The van der Waals surface area contributed by atoms with E-state index in [-0.39, 0.29) is 5.69 Å². The number of rotatable bonds is 3. The molecule has 0 amide bonds. The lowest BCUT2D eigenvalue weighted by Gasteiger charge is -2.27. The molecule has 2 atom stereocenters. The highest BCUT2D eigenvalue weighted by molar-refractivity contribution is 5.70. The summed E-state index contributed by atoms with van der Waals surface area (Å²) in [5.74, 6) is -1.16. The number of aliphatic carboxylic acids is 1. The van der Waals surface area contributed by atoms with E-state index in [9.17, 15) is 20.0 Å². The molecular weight excluding hydrogens is 276 g/mol. The average molecular weight is 288 g/mol. The molecule has 0 saturated heterocycles. The van der Waals surface area contributed by atoms with Crippen LogP contribution in [-0.4, -0.2) is 26.9 Å². The molecule has 2 aromatic rings. The second kappa shape index (κ2) is 4.98. The minimum Gasteiger partial charge on any atom is -0.544 e. The number of hydrogen-bond acceptors (Lipinski definition) is 5. The summed E-state index contributed by atoms with van der Waals surface area (Å²) in [5.41, 5.74) is 2.04. The molecular formula is C13H12N4O4. The van der Waals surface area contributed by atoms with Crippen molar-refractivity contribution in [2.75, 3.05) is 0 Å². The predicted octanol–water partition coefficient (Wildman–Crippen LogP) is -1.35. The van der Waals surface area contributed by atoms with E-state index >= 15 is 0 Å². The van der Waals surface area contributed by atoms with Gasteiger partial charge in [-0.2, -0.15) is 0 Å². The Hall–Kier alpha value is -2.74. The highest BCUT2D eigenvalue weighted by Gasteiger charge is 2.34. The van der Waals surface area contributed by atoms with Crippen molar-refractivity contribution in [3.63, 3.8) is 0 Å². The second-order valence-electron chi connectivity index (χ2n) is 4.92. The van der Waals surface area contributed by atoms with Crippen LogP contribution in [0.5, 0.6) is 0 Å². The van der Waals surface area contributed by atoms with E-state index in [2.05, 4.69) is 9.97 Å². The first-order valence-electron chi connectivity index (χ1n) is 6.38. The maximum absolute atomic E-state index is 11.2. The summed E-state index contributed by atoms with van der Waals surface area (Å²) >= 11 is 0. The number of hydrogen-bond donors (Lipinski definition) is 2. The molecule has 3 N–H and O–H groups in total. The van der Waals surface area contributed by atoms with Crippen molar-refractivity contribution in [2.45, 2.75) is 18.5 Å². The summed E-state index contributed by atoms with van der Waals surface area (Å²) in [5, 5.41) is 23.6. The van der Waals surface area contributed by atoms with E-state index in [1.807, 2.05) is 0 Å². The quantitative estimate of drug-likeness (QED) is 0.532. The monoisotopic (exact) mass is 288 g/mol. The van der Waals surface area contributed by atoms with Crippen LogP contribution >= 0.6 is 0 Å². The number of nitro groups is 1. The Morgan fingerprint density at radius 1 is 1.48 bits per heavy atom. The van der Waals surface area contributed by atoms with Gasteiger partial charge in [-0.25, -0.2) is 4.98 Å². The molecule has 1 aliphatic heterocycles. The average Bonchev–Trinajstić information content (AvgIpc) is 2.94. The molecule has 0 saturated carbocycles. The number of carbonyl (C=O) groups excluding carboxylic acids is 1. The van der Waals surface area contributed by atoms with E-state index < -0.39 is 23.0 Å². The Balaban J connectivity index is 2.03. The summed E-state index contributed by atoms with van der Waals surface area (Å²) in [6.07, 6.45) is 1.80. The predicted molar refractivity (Wildman–Crippen MR) is 68.0 cm³/mol. The number of carboxylic acid groups (broad SMARTS) is 1. The molecule has 0 radical (unpaired) electrons. The maximum atomic E-state index is 11.2. The lowest BCUT2D eigenvalue weighted by molar-refractivity contribution is -0.717. The van der Waals surface area contributed by atoms with E-state index in [0.717, 1.165) is 5.69 Å². The summed E-state index contributed by atoms with van der Waals surface area (Å²) < 4.78 is 0. The van der Waals surface area contributed by atoms with Crippen LogP contribution in [0.2, 0.25) is 0 Å². The number of nitrogens with zero attached hydrogens (tertiary/aromatic N) is 2. The zero-order chi connectivity index (χ0) is 15.0. The number of carbonyl (C=O) groups is 1. The normalized spacial score (nSPS) is 20.8. The number of nitrogens with two attached hydrogens (primary N) is 1.